The summed E-state index contributed by atoms with van der Waals surface area (Å²) in [5.41, 5.74) is 1.85. The molecule has 0 radical (unpaired) electrons. The SMILES string of the molecule is COc1ccc2[nH]cc(C(=O)c3cc(OC)c(OC)c(OC)c3)c2c1. The van der Waals surface area contributed by atoms with Crippen LogP contribution in [0.5, 0.6) is 23.0 Å². The van der Waals surface area contributed by atoms with Gasteiger partial charge in [-0.1, -0.05) is 0 Å². The molecule has 0 aliphatic rings. The third-order valence-corrected chi connectivity index (χ3v) is 4.06. The number of ketones is 1. The molecular weight excluding hydrogens is 322 g/mol. The Morgan fingerprint density at radius 3 is 2.12 bits per heavy atom. The normalized spacial score (nSPS) is 10.6. The van der Waals surface area contributed by atoms with Crippen molar-refractivity contribution in [3.05, 3.63) is 47.7 Å². The molecule has 25 heavy (non-hydrogen) atoms. The van der Waals surface area contributed by atoms with Crippen molar-refractivity contribution in [3.63, 3.8) is 0 Å². The van der Waals surface area contributed by atoms with E-state index in [0.717, 1.165) is 10.9 Å². The van der Waals surface area contributed by atoms with Crippen LogP contribution in [0.1, 0.15) is 15.9 Å². The summed E-state index contributed by atoms with van der Waals surface area (Å²) in [6.07, 6.45) is 1.69. The van der Waals surface area contributed by atoms with Crippen LogP contribution < -0.4 is 18.9 Å². The minimum absolute atomic E-state index is 0.154. The lowest BCUT2D eigenvalue weighted by Crippen LogP contribution is -2.03. The van der Waals surface area contributed by atoms with Crippen LogP contribution in [-0.2, 0) is 0 Å². The van der Waals surface area contributed by atoms with E-state index in [1.54, 1.807) is 25.4 Å². The average Bonchev–Trinajstić information content (AvgIpc) is 3.08. The number of hydrogen-bond acceptors (Lipinski definition) is 5. The van der Waals surface area contributed by atoms with Gasteiger partial charge in [0.05, 0.1) is 28.4 Å². The minimum atomic E-state index is -0.154. The first-order valence-corrected chi connectivity index (χ1v) is 7.62. The first-order valence-electron chi connectivity index (χ1n) is 7.62. The van der Waals surface area contributed by atoms with Crippen molar-refractivity contribution in [2.45, 2.75) is 0 Å². The van der Waals surface area contributed by atoms with Crippen LogP contribution in [0.3, 0.4) is 0 Å². The number of carbonyl (C=O) groups is 1. The van der Waals surface area contributed by atoms with E-state index in [1.807, 2.05) is 18.2 Å². The topological polar surface area (TPSA) is 69.8 Å². The van der Waals surface area contributed by atoms with Crippen molar-refractivity contribution in [1.82, 2.24) is 4.98 Å². The fourth-order valence-electron chi connectivity index (χ4n) is 2.78. The van der Waals surface area contributed by atoms with E-state index < -0.39 is 0 Å². The molecule has 0 fully saturated rings. The quantitative estimate of drug-likeness (QED) is 0.696. The van der Waals surface area contributed by atoms with E-state index in [4.69, 9.17) is 18.9 Å². The summed E-state index contributed by atoms with van der Waals surface area (Å²) < 4.78 is 21.2. The standard InChI is InChI=1S/C19H19NO5/c1-22-12-5-6-15-13(9-12)14(10-20-15)18(21)11-7-16(23-2)19(25-4)17(8-11)24-3/h5-10,20H,1-4H3. The molecule has 1 N–H and O–H groups in total. The Balaban J connectivity index is 2.12. The highest BCUT2D eigenvalue weighted by atomic mass is 16.5. The predicted molar refractivity (Wildman–Crippen MR) is 94.4 cm³/mol. The number of rotatable bonds is 6. The summed E-state index contributed by atoms with van der Waals surface area (Å²) in [7, 11) is 6.15. The molecule has 1 aromatic heterocycles. The summed E-state index contributed by atoms with van der Waals surface area (Å²) in [5, 5.41) is 0.790. The van der Waals surface area contributed by atoms with Gasteiger partial charge >= 0.3 is 0 Å². The van der Waals surface area contributed by atoms with Gasteiger partial charge in [-0.2, -0.15) is 0 Å². The van der Waals surface area contributed by atoms with Crippen LogP contribution in [0.15, 0.2) is 36.5 Å². The Morgan fingerprint density at radius 1 is 0.880 bits per heavy atom. The van der Waals surface area contributed by atoms with Crippen molar-refractivity contribution in [3.8, 4) is 23.0 Å². The molecule has 3 rings (SSSR count). The van der Waals surface area contributed by atoms with Gasteiger partial charge in [0.1, 0.15) is 5.75 Å². The van der Waals surface area contributed by atoms with Crippen LogP contribution in [-0.4, -0.2) is 39.2 Å². The molecule has 6 nitrogen and oxygen atoms in total. The molecule has 2 aromatic carbocycles. The lowest BCUT2D eigenvalue weighted by molar-refractivity contribution is 0.103. The Hall–Kier alpha value is -3.15. The molecule has 130 valence electrons. The third-order valence-electron chi connectivity index (χ3n) is 4.06. The number of aromatic nitrogens is 1. The maximum absolute atomic E-state index is 13.0. The molecule has 0 aliphatic heterocycles. The highest BCUT2D eigenvalue weighted by molar-refractivity contribution is 6.16. The van der Waals surface area contributed by atoms with Gasteiger partial charge in [-0.25, -0.2) is 0 Å². The van der Waals surface area contributed by atoms with Crippen LogP contribution in [0, 0.1) is 0 Å². The maximum atomic E-state index is 13.0. The highest BCUT2D eigenvalue weighted by Gasteiger charge is 2.20. The van der Waals surface area contributed by atoms with Crippen LogP contribution in [0.2, 0.25) is 0 Å². The Bertz CT molecular complexity index is 904. The highest BCUT2D eigenvalue weighted by Crippen LogP contribution is 2.39. The number of ether oxygens (including phenoxy) is 4. The van der Waals surface area contributed by atoms with Gasteiger partial charge in [0.2, 0.25) is 5.75 Å². The molecule has 6 heteroatoms. The molecule has 3 aromatic rings. The lowest BCUT2D eigenvalue weighted by atomic mass is 10.0. The maximum Gasteiger partial charge on any atom is 0.203 e. The van der Waals surface area contributed by atoms with Gasteiger partial charge in [0, 0.05) is 28.2 Å². The molecule has 0 aliphatic carbocycles. The van der Waals surface area contributed by atoms with Gasteiger partial charge in [-0.05, 0) is 30.3 Å². The number of carbonyl (C=O) groups excluding carboxylic acids is 1. The molecule has 0 saturated carbocycles. The zero-order valence-corrected chi connectivity index (χ0v) is 14.5. The second-order valence-electron chi connectivity index (χ2n) is 5.36. The molecule has 0 saturated heterocycles. The second-order valence-corrected chi connectivity index (χ2v) is 5.36. The Morgan fingerprint density at radius 2 is 1.56 bits per heavy atom. The van der Waals surface area contributed by atoms with Crippen molar-refractivity contribution >= 4 is 16.7 Å². The van der Waals surface area contributed by atoms with E-state index in [9.17, 15) is 4.79 Å². The molecule has 0 bridgehead atoms. The fraction of sp³-hybridized carbons (Fsp3) is 0.211. The molecule has 0 atom stereocenters. The largest absolute Gasteiger partial charge is 0.497 e. The van der Waals surface area contributed by atoms with Gasteiger partial charge in [-0.3, -0.25) is 4.79 Å². The van der Waals surface area contributed by atoms with E-state index in [0.29, 0.717) is 34.1 Å². The first-order chi connectivity index (χ1) is 12.1. The predicted octanol–water partition coefficient (Wildman–Crippen LogP) is 3.43. The first kappa shape index (κ1) is 16.7. The van der Waals surface area contributed by atoms with E-state index in [1.165, 1.54) is 21.3 Å². The molecule has 1 heterocycles. The summed E-state index contributed by atoms with van der Waals surface area (Å²) in [4.78, 5) is 16.2. The Kier molecular flexibility index (Phi) is 4.52. The monoisotopic (exact) mass is 341 g/mol. The summed E-state index contributed by atoms with van der Waals surface area (Å²) >= 11 is 0. The van der Waals surface area contributed by atoms with Gasteiger partial charge < -0.3 is 23.9 Å². The average molecular weight is 341 g/mol. The number of fused-ring (bicyclic) bond motifs is 1. The zero-order valence-electron chi connectivity index (χ0n) is 14.5. The van der Waals surface area contributed by atoms with Crippen molar-refractivity contribution in [2.75, 3.05) is 28.4 Å². The van der Waals surface area contributed by atoms with Crippen molar-refractivity contribution in [1.29, 1.82) is 0 Å². The summed E-state index contributed by atoms with van der Waals surface area (Å²) in [5.74, 6) is 1.84. The number of benzene rings is 2. The van der Waals surface area contributed by atoms with Crippen molar-refractivity contribution < 1.29 is 23.7 Å². The fourth-order valence-corrected chi connectivity index (χ4v) is 2.78. The number of hydrogen-bond donors (Lipinski definition) is 1. The number of methoxy groups -OCH3 is 4. The van der Waals surface area contributed by atoms with E-state index >= 15 is 0 Å². The molecule has 0 spiro atoms. The van der Waals surface area contributed by atoms with E-state index in [2.05, 4.69) is 4.98 Å². The number of H-pyrrole nitrogens is 1. The second kappa shape index (κ2) is 6.76. The zero-order chi connectivity index (χ0) is 18.0. The summed E-state index contributed by atoms with van der Waals surface area (Å²) in [6.45, 7) is 0. The van der Waals surface area contributed by atoms with Crippen LogP contribution in [0.4, 0.5) is 0 Å². The number of nitrogens with one attached hydrogen (secondary N) is 1. The molecule has 0 unspecified atom stereocenters. The van der Waals surface area contributed by atoms with Crippen LogP contribution >= 0.6 is 0 Å². The van der Waals surface area contributed by atoms with Gasteiger partial charge in [0.15, 0.2) is 17.3 Å². The molecule has 0 amide bonds. The molecular formula is C19H19NO5. The lowest BCUT2D eigenvalue weighted by Gasteiger charge is -2.13. The van der Waals surface area contributed by atoms with Gasteiger partial charge in [0.25, 0.3) is 0 Å². The van der Waals surface area contributed by atoms with Gasteiger partial charge in [-0.15, -0.1) is 0 Å². The van der Waals surface area contributed by atoms with Crippen LogP contribution in [0.25, 0.3) is 10.9 Å². The third kappa shape index (κ3) is 2.87. The number of aromatic amines is 1. The smallest absolute Gasteiger partial charge is 0.203 e. The summed E-state index contributed by atoms with van der Waals surface area (Å²) in [6, 6.07) is 8.83. The Labute approximate surface area is 145 Å². The minimum Gasteiger partial charge on any atom is -0.497 e. The van der Waals surface area contributed by atoms with E-state index in [-0.39, 0.29) is 5.78 Å². The van der Waals surface area contributed by atoms with Crippen molar-refractivity contribution in [2.24, 2.45) is 0 Å².